The summed E-state index contributed by atoms with van der Waals surface area (Å²) in [7, 11) is 0. The van der Waals surface area contributed by atoms with Crippen LogP contribution in [0.5, 0.6) is 5.75 Å². The molecule has 1 aliphatic heterocycles. The number of aromatic nitrogens is 1. The zero-order chi connectivity index (χ0) is 21.6. The molecule has 2 aromatic carbocycles. The number of ether oxygens (including phenoxy) is 2. The lowest BCUT2D eigenvalue weighted by atomic mass is 10.1. The molecule has 1 aliphatic rings. The number of thiazole rings is 1. The van der Waals surface area contributed by atoms with Crippen LogP contribution in [-0.4, -0.2) is 36.8 Å². The first-order valence-corrected chi connectivity index (χ1v) is 11.6. The highest BCUT2D eigenvalue weighted by Gasteiger charge is 2.15. The molecule has 162 valence electrons. The van der Waals surface area contributed by atoms with Gasteiger partial charge in [0.2, 0.25) is 0 Å². The number of hydrogen-bond acceptors (Lipinski definition) is 5. The van der Waals surface area contributed by atoms with Gasteiger partial charge in [0.25, 0.3) is 5.91 Å². The molecular formula is C25H28N2O3S. The Kier molecular flexibility index (Phi) is 6.99. The molecule has 0 spiro atoms. The van der Waals surface area contributed by atoms with Crippen molar-refractivity contribution in [3.05, 3.63) is 59.8 Å². The van der Waals surface area contributed by atoms with Crippen LogP contribution in [0.25, 0.3) is 21.0 Å². The monoisotopic (exact) mass is 436 g/mol. The number of aryl methyl sites for hydroxylation is 2. The first-order chi connectivity index (χ1) is 15.1. The Morgan fingerprint density at radius 2 is 1.84 bits per heavy atom. The van der Waals surface area contributed by atoms with Crippen LogP contribution >= 0.6 is 11.3 Å². The summed E-state index contributed by atoms with van der Waals surface area (Å²) in [6, 6.07) is 16.3. The molecule has 31 heavy (non-hydrogen) atoms. The van der Waals surface area contributed by atoms with E-state index in [1.165, 1.54) is 5.56 Å². The molecule has 1 aromatic heterocycles. The summed E-state index contributed by atoms with van der Waals surface area (Å²) >= 11 is 1.69. The lowest BCUT2D eigenvalue weighted by molar-refractivity contribution is -0.124. The number of carbonyl (C=O) groups is 1. The standard InChI is InChI=1S/C25H28N2O3S/c1-17-6-8-20(9-7-17)25-27-18(2)24(31-25)19-10-12-21(13-11-19)30-16-23(28)26-15-22-5-3-4-14-29-22/h6-13,22H,3-5,14-16H2,1-2H3,(H,26,28). The van der Waals surface area contributed by atoms with Gasteiger partial charge in [-0.2, -0.15) is 0 Å². The quantitative estimate of drug-likeness (QED) is 0.556. The van der Waals surface area contributed by atoms with Gasteiger partial charge in [0, 0.05) is 18.7 Å². The molecule has 0 bridgehead atoms. The van der Waals surface area contributed by atoms with Gasteiger partial charge in [-0.05, 0) is 62.9 Å². The molecule has 0 radical (unpaired) electrons. The minimum Gasteiger partial charge on any atom is -0.484 e. The van der Waals surface area contributed by atoms with Gasteiger partial charge in [-0.1, -0.05) is 29.8 Å². The number of benzene rings is 2. The van der Waals surface area contributed by atoms with Crippen LogP contribution in [0.4, 0.5) is 0 Å². The van der Waals surface area contributed by atoms with E-state index in [0.29, 0.717) is 12.3 Å². The zero-order valence-electron chi connectivity index (χ0n) is 18.0. The first kappa shape index (κ1) is 21.5. The number of hydrogen-bond donors (Lipinski definition) is 1. The number of carbonyl (C=O) groups excluding carboxylic acids is 1. The molecule has 3 aromatic rings. The van der Waals surface area contributed by atoms with E-state index in [2.05, 4.69) is 36.5 Å². The smallest absolute Gasteiger partial charge is 0.258 e. The van der Waals surface area contributed by atoms with Crippen molar-refractivity contribution in [2.45, 2.75) is 39.2 Å². The Hall–Kier alpha value is -2.70. The van der Waals surface area contributed by atoms with Gasteiger partial charge in [-0.15, -0.1) is 11.3 Å². The van der Waals surface area contributed by atoms with Crippen molar-refractivity contribution in [2.24, 2.45) is 0 Å². The van der Waals surface area contributed by atoms with Gasteiger partial charge in [0.05, 0.1) is 16.7 Å². The molecule has 1 N–H and O–H groups in total. The number of nitrogens with zero attached hydrogens (tertiary/aromatic N) is 1. The average molecular weight is 437 g/mol. The third kappa shape index (κ3) is 5.71. The van der Waals surface area contributed by atoms with Gasteiger partial charge < -0.3 is 14.8 Å². The summed E-state index contributed by atoms with van der Waals surface area (Å²) in [6.07, 6.45) is 3.41. The molecule has 6 heteroatoms. The molecule has 5 nitrogen and oxygen atoms in total. The summed E-state index contributed by atoms with van der Waals surface area (Å²) in [5.74, 6) is 0.549. The van der Waals surface area contributed by atoms with Gasteiger partial charge in [-0.25, -0.2) is 4.98 Å². The van der Waals surface area contributed by atoms with Crippen LogP contribution in [0.15, 0.2) is 48.5 Å². The van der Waals surface area contributed by atoms with E-state index in [1.54, 1.807) is 11.3 Å². The maximum Gasteiger partial charge on any atom is 0.258 e. The third-order valence-electron chi connectivity index (χ3n) is 5.38. The minimum absolute atomic E-state index is 0.00320. The van der Waals surface area contributed by atoms with Crippen molar-refractivity contribution in [1.29, 1.82) is 0 Å². The zero-order valence-corrected chi connectivity index (χ0v) is 18.8. The Balaban J connectivity index is 1.33. The van der Waals surface area contributed by atoms with E-state index in [1.807, 2.05) is 31.2 Å². The lowest BCUT2D eigenvalue weighted by Crippen LogP contribution is -2.37. The Morgan fingerprint density at radius 1 is 1.10 bits per heavy atom. The maximum absolute atomic E-state index is 12.1. The summed E-state index contributed by atoms with van der Waals surface area (Å²) in [6.45, 7) is 5.46. The molecule has 1 saturated heterocycles. The molecule has 0 saturated carbocycles. The van der Waals surface area contributed by atoms with Crippen molar-refractivity contribution < 1.29 is 14.3 Å². The first-order valence-electron chi connectivity index (χ1n) is 10.7. The maximum atomic E-state index is 12.1. The second-order valence-corrected chi connectivity index (χ2v) is 8.90. The van der Waals surface area contributed by atoms with E-state index in [-0.39, 0.29) is 18.6 Å². The molecule has 1 fully saturated rings. The highest BCUT2D eigenvalue weighted by Crippen LogP contribution is 2.35. The topological polar surface area (TPSA) is 60.5 Å². The number of rotatable bonds is 7. The molecule has 1 atom stereocenters. The highest BCUT2D eigenvalue weighted by atomic mass is 32.1. The molecule has 4 rings (SSSR count). The fourth-order valence-electron chi connectivity index (χ4n) is 3.58. The van der Waals surface area contributed by atoms with Crippen LogP contribution in [-0.2, 0) is 9.53 Å². The summed E-state index contributed by atoms with van der Waals surface area (Å²) in [5, 5.41) is 3.91. The minimum atomic E-state index is -0.126. The van der Waals surface area contributed by atoms with Gasteiger partial charge in [0.1, 0.15) is 10.8 Å². The van der Waals surface area contributed by atoms with Crippen molar-refractivity contribution in [3.8, 4) is 26.8 Å². The molecule has 1 amide bonds. The SMILES string of the molecule is Cc1ccc(-c2nc(C)c(-c3ccc(OCC(=O)NCC4CCCCO4)cc3)s2)cc1. The Bertz CT molecular complexity index is 1010. The summed E-state index contributed by atoms with van der Waals surface area (Å²) in [5.41, 5.74) is 4.48. The van der Waals surface area contributed by atoms with E-state index in [4.69, 9.17) is 14.5 Å². The van der Waals surface area contributed by atoms with E-state index >= 15 is 0 Å². The largest absolute Gasteiger partial charge is 0.484 e. The second kappa shape index (κ2) is 10.1. The van der Waals surface area contributed by atoms with E-state index in [9.17, 15) is 4.79 Å². The Morgan fingerprint density at radius 3 is 2.55 bits per heavy atom. The second-order valence-electron chi connectivity index (χ2n) is 7.91. The predicted octanol–water partition coefficient (Wildman–Crippen LogP) is 5.16. The molecule has 1 unspecified atom stereocenters. The number of nitrogens with one attached hydrogen (secondary N) is 1. The normalized spacial score (nSPS) is 16.1. The van der Waals surface area contributed by atoms with Crippen molar-refractivity contribution >= 4 is 17.2 Å². The van der Waals surface area contributed by atoms with Gasteiger partial charge >= 0.3 is 0 Å². The summed E-state index contributed by atoms with van der Waals surface area (Å²) < 4.78 is 11.3. The average Bonchev–Trinajstić information content (AvgIpc) is 3.19. The van der Waals surface area contributed by atoms with Crippen molar-refractivity contribution in [2.75, 3.05) is 19.8 Å². The van der Waals surface area contributed by atoms with Crippen molar-refractivity contribution in [3.63, 3.8) is 0 Å². The van der Waals surface area contributed by atoms with Gasteiger partial charge in [-0.3, -0.25) is 4.79 Å². The van der Waals surface area contributed by atoms with E-state index in [0.717, 1.165) is 52.6 Å². The van der Waals surface area contributed by atoms with Crippen LogP contribution in [0.2, 0.25) is 0 Å². The highest BCUT2D eigenvalue weighted by molar-refractivity contribution is 7.18. The molecular weight excluding hydrogens is 408 g/mol. The van der Waals surface area contributed by atoms with Gasteiger partial charge in [0.15, 0.2) is 6.61 Å². The number of amides is 1. The van der Waals surface area contributed by atoms with Crippen LogP contribution in [0.3, 0.4) is 0 Å². The fraction of sp³-hybridized carbons (Fsp3) is 0.360. The molecule has 2 heterocycles. The van der Waals surface area contributed by atoms with Crippen molar-refractivity contribution in [1.82, 2.24) is 10.3 Å². The fourth-order valence-corrected chi connectivity index (χ4v) is 4.66. The molecule has 0 aliphatic carbocycles. The third-order valence-corrected chi connectivity index (χ3v) is 6.64. The van der Waals surface area contributed by atoms with Crippen LogP contribution in [0, 0.1) is 13.8 Å². The summed E-state index contributed by atoms with van der Waals surface area (Å²) in [4.78, 5) is 17.9. The lowest BCUT2D eigenvalue weighted by Gasteiger charge is -2.22. The predicted molar refractivity (Wildman–Crippen MR) is 125 cm³/mol. The Labute approximate surface area is 187 Å². The van der Waals surface area contributed by atoms with Crippen LogP contribution < -0.4 is 10.1 Å². The van der Waals surface area contributed by atoms with Crippen LogP contribution in [0.1, 0.15) is 30.5 Å². The van der Waals surface area contributed by atoms with E-state index < -0.39 is 0 Å².